The maximum absolute atomic E-state index is 13.3. The van der Waals surface area contributed by atoms with E-state index in [0.717, 1.165) is 36.3 Å². The number of benzene rings is 2. The Hall–Kier alpha value is -3.79. The summed E-state index contributed by atoms with van der Waals surface area (Å²) >= 11 is 0. The predicted molar refractivity (Wildman–Crippen MR) is 127 cm³/mol. The second-order valence-electron chi connectivity index (χ2n) is 8.67. The van der Waals surface area contributed by atoms with Crippen molar-refractivity contribution in [2.45, 2.75) is 19.3 Å². The summed E-state index contributed by atoms with van der Waals surface area (Å²) in [7, 11) is 0. The van der Waals surface area contributed by atoms with Gasteiger partial charge in [0.15, 0.2) is 0 Å². The van der Waals surface area contributed by atoms with Crippen molar-refractivity contribution in [1.82, 2.24) is 20.0 Å². The number of nitrogens with zero attached hydrogens (tertiary/aromatic N) is 6. The van der Waals surface area contributed by atoms with E-state index >= 15 is 0 Å². The minimum Gasteiger partial charge on any atom is -0.378 e. The molecule has 4 heterocycles. The van der Waals surface area contributed by atoms with Crippen LogP contribution in [0.1, 0.15) is 40.0 Å². The molecule has 10 heteroatoms. The summed E-state index contributed by atoms with van der Waals surface area (Å²) in [6.45, 7) is 4.25. The third-order valence-electron chi connectivity index (χ3n) is 6.53. The zero-order valence-electron chi connectivity index (χ0n) is 18.7. The molecule has 2 amide bonds. The summed E-state index contributed by atoms with van der Waals surface area (Å²) in [5, 5.41) is 2.55. The Labute approximate surface area is 196 Å². The van der Waals surface area contributed by atoms with Crippen LogP contribution < -0.4 is 15.2 Å². The Morgan fingerprint density at radius 1 is 0.735 bits per heavy atom. The first-order valence-corrected chi connectivity index (χ1v) is 11.7. The third-order valence-corrected chi connectivity index (χ3v) is 6.53. The molecule has 0 saturated carbocycles. The number of anilines is 3. The Kier molecular flexibility index (Phi) is 5.21. The standard InChI is InChI=1S/C24H25N7O3/c32-20-17-8-4-6-16-7-5-9-18(19(16)17)21(33)31(20)28-22-25-23(29-10-2-1-3-11-29)27-24(26-22)30-12-14-34-15-13-30/h4-9H,1-3,10-15H2,(H,25,26,27,28). The van der Waals surface area contributed by atoms with Crippen LogP contribution in [0, 0.1) is 0 Å². The van der Waals surface area contributed by atoms with Crippen LogP contribution in [0.2, 0.25) is 0 Å². The van der Waals surface area contributed by atoms with Crippen LogP contribution >= 0.6 is 0 Å². The average molecular weight is 460 g/mol. The molecule has 2 aromatic carbocycles. The van der Waals surface area contributed by atoms with E-state index in [1.54, 1.807) is 12.1 Å². The monoisotopic (exact) mass is 459 g/mol. The Morgan fingerprint density at radius 2 is 1.32 bits per heavy atom. The van der Waals surface area contributed by atoms with Gasteiger partial charge in [-0.15, -0.1) is 0 Å². The van der Waals surface area contributed by atoms with E-state index in [1.165, 1.54) is 6.42 Å². The third kappa shape index (κ3) is 3.60. The van der Waals surface area contributed by atoms with Crippen LogP contribution in [0.3, 0.4) is 0 Å². The van der Waals surface area contributed by atoms with E-state index < -0.39 is 11.8 Å². The summed E-state index contributed by atoms with van der Waals surface area (Å²) in [6.07, 6.45) is 3.33. The van der Waals surface area contributed by atoms with Crippen molar-refractivity contribution >= 4 is 40.4 Å². The number of piperidine rings is 1. The van der Waals surface area contributed by atoms with Gasteiger partial charge in [0.1, 0.15) is 0 Å². The van der Waals surface area contributed by atoms with Gasteiger partial charge in [-0.1, -0.05) is 24.3 Å². The van der Waals surface area contributed by atoms with Gasteiger partial charge >= 0.3 is 0 Å². The first-order chi connectivity index (χ1) is 16.7. The highest BCUT2D eigenvalue weighted by Crippen LogP contribution is 2.30. The number of amides is 2. The molecule has 10 nitrogen and oxygen atoms in total. The highest BCUT2D eigenvalue weighted by Gasteiger charge is 2.34. The van der Waals surface area contributed by atoms with Crippen molar-refractivity contribution in [2.24, 2.45) is 0 Å². The largest absolute Gasteiger partial charge is 0.378 e. The zero-order valence-corrected chi connectivity index (χ0v) is 18.7. The predicted octanol–water partition coefficient (Wildman–Crippen LogP) is 2.47. The van der Waals surface area contributed by atoms with Crippen molar-refractivity contribution < 1.29 is 14.3 Å². The fourth-order valence-electron chi connectivity index (χ4n) is 4.78. The van der Waals surface area contributed by atoms with Crippen LogP contribution in [-0.4, -0.2) is 71.2 Å². The number of carbonyl (C=O) groups excluding carboxylic acids is 2. The number of carbonyl (C=O) groups is 2. The number of rotatable bonds is 4. The Morgan fingerprint density at radius 3 is 1.94 bits per heavy atom. The summed E-state index contributed by atoms with van der Waals surface area (Å²) < 4.78 is 5.47. The van der Waals surface area contributed by atoms with Crippen molar-refractivity contribution in [3.63, 3.8) is 0 Å². The van der Waals surface area contributed by atoms with Gasteiger partial charge in [-0.05, 0) is 36.8 Å². The van der Waals surface area contributed by atoms with Gasteiger partial charge in [-0.25, -0.2) is 0 Å². The van der Waals surface area contributed by atoms with Gasteiger partial charge in [-0.2, -0.15) is 20.0 Å². The normalized spacial score (nSPS) is 18.5. The highest BCUT2D eigenvalue weighted by molar-refractivity contribution is 6.25. The van der Waals surface area contributed by atoms with E-state index in [-0.39, 0.29) is 5.95 Å². The van der Waals surface area contributed by atoms with E-state index in [4.69, 9.17) is 9.72 Å². The average Bonchev–Trinajstić information content (AvgIpc) is 2.90. The maximum atomic E-state index is 13.3. The van der Waals surface area contributed by atoms with E-state index in [9.17, 15) is 9.59 Å². The number of morpholine rings is 1. The number of hydrazine groups is 1. The zero-order chi connectivity index (χ0) is 23.1. The fourth-order valence-corrected chi connectivity index (χ4v) is 4.78. The molecule has 0 radical (unpaired) electrons. The summed E-state index contributed by atoms with van der Waals surface area (Å²) in [4.78, 5) is 44.7. The van der Waals surface area contributed by atoms with Gasteiger partial charge in [0.2, 0.25) is 17.8 Å². The molecule has 2 saturated heterocycles. The van der Waals surface area contributed by atoms with Gasteiger partial charge in [0.05, 0.1) is 24.3 Å². The SMILES string of the molecule is O=C1c2cccc3cccc(c23)C(=O)N1Nc1nc(N2CCCCC2)nc(N2CCOCC2)n1. The van der Waals surface area contributed by atoms with Crippen LogP contribution in [0.25, 0.3) is 10.8 Å². The van der Waals surface area contributed by atoms with Gasteiger partial charge in [0, 0.05) is 31.6 Å². The number of nitrogens with one attached hydrogen (secondary N) is 1. The fraction of sp³-hybridized carbons (Fsp3) is 0.375. The number of hydrogen-bond donors (Lipinski definition) is 1. The van der Waals surface area contributed by atoms with Gasteiger partial charge < -0.3 is 14.5 Å². The van der Waals surface area contributed by atoms with Crippen molar-refractivity contribution in [2.75, 3.05) is 54.6 Å². The van der Waals surface area contributed by atoms with E-state index in [2.05, 4.69) is 20.3 Å². The Bertz CT molecular complexity index is 1180. The number of aromatic nitrogens is 3. The molecular formula is C24H25N7O3. The quantitative estimate of drug-likeness (QED) is 0.589. The second kappa shape index (κ2) is 8.53. The van der Waals surface area contributed by atoms with Crippen LogP contribution in [-0.2, 0) is 4.74 Å². The molecule has 0 unspecified atom stereocenters. The summed E-state index contributed by atoms with van der Waals surface area (Å²) in [6, 6.07) is 10.9. The number of ether oxygens (including phenoxy) is 1. The molecule has 2 fully saturated rings. The molecule has 0 spiro atoms. The maximum Gasteiger partial charge on any atom is 0.280 e. The van der Waals surface area contributed by atoms with Crippen molar-refractivity contribution in [1.29, 1.82) is 0 Å². The first kappa shape index (κ1) is 20.8. The molecule has 0 aliphatic carbocycles. The Balaban J connectivity index is 1.37. The van der Waals surface area contributed by atoms with Crippen molar-refractivity contribution in [3.05, 3.63) is 47.5 Å². The lowest BCUT2D eigenvalue weighted by molar-refractivity contribution is 0.0647. The number of imide groups is 1. The first-order valence-electron chi connectivity index (χ1n) is 11.7. The lowest BCUT2D eigenvalue weighted by atomic mass is 9.95. The molecule has 0 bridgehead atoms. The molecule has 3 aliphatic heterocycles. The van der Waals surface area contributed by atoms with Crippen LogP contribution in [0.15, 0.2) is 36.4 Å². The van der Waals surface area contributed by atoms with Crippen LogP contribution in [0.4, 0.5) is 17.8 Å². The minimum absolute atomic E-state index is 0.172. The lowest BCUT2D eigenvalue weighted by Gasteiger charge is -2.31. The molecule has 1 aromatic heterocycles. The van der Waals surface area contributed by atoms with E-state index in [1.807, 2.05) is 29.2 Å². The summed E-state index contributed by atoms with van der Waals surface area (Å²) in [5.41, 5.74) is 3.85. The topological polar surface area (TPSA) is 104 Å². The molecule has 1 N–H and O–H groups in total. The van der Waals surface area contributed by atoms with Gasteiger partial charge in [0.25, 0.3) is 11.8 Å². The summed E-state index contributed by atoms with van der Waals surface area (Å²) in [5.74, 6) is 0.383. The molecule has 174 valence electrons. The smallest absolute Gasteiger partial charge is 0.280 e. The van der Waals surface area contributed by atoms with Crippen molar-refractivity contribution in [3.8, 4) is 0 Å². The van der Waals surface area contributed by atoms with E-state index in [0.29, 0.717) is 54.7 Å². The molecule has 3 aromatic rings. The molecule has 6 rings (SSSR count). The molecule has 34 heavy (non-hydrogen) atoms. The molecule has 3 aliphatic rings. The molecule has 0 atom stereocenters. The second-order valence-corrected chi connectivity index (χ2v) is 8.67. The lowest BCUT2D eigenvalue weighted by Crippen LogP contribution is -2.45. The highest BCUT2D eigenvalue weighted by atomic mass is 16.5. The minimum atomic E-state index is -0.429. The molecular weight excluding hydrogens is 434 g/mol. The number of hydrogen-bond acceptors (Lipinski definition) is 9. The van der Waals surface area contributed by atoms with Gasteiger partial charge in [-0.3, -0.25) is 15.0 Å². The van der Waals surface area contributed by atoms with Crippen LogP contribution in [0.5, 0.6) is 0 Å².